The van der Waals surface area contributed by atoms with Crippen molar-refractivity contribution in [2.45, 2.75) is 84.0 Å². The minimum absolute atomic E-state index is 0.0174. The molecule has 2 heterocycles. The van der Waals surface area contributed by atoms with E-state index >= 15 is 0 Å². The third kappa shape index (κ3) is 3.71. The molecule has 3 amide bonds. The third-order valence-electron chi connectivity index (χ3n) is 8.20. The van der Waals surface area contributed by atoms with Crippen LogP contribution in [0.3, 0.4) is 0 Å². The van der Waals surface area contributed by atoms with Gasteiger partial charge in [0, 0.05) is 18.0 Å². The Kier molecular flexibility index (Phi) is 4.93. The molecule has 2 saturated carbocycles. The van der Waals surface area contributed by atoms with E-state index in [4.69, 9.17) is 5.73 Å². The van der Waals surface area contributed by atoms with Gasteiger partial charge in [-0.25, -0.2) is 0 Å². The fraction of sp³-hybridized carbons (Fsp3) is 0.826. The number of nitrogens with one attached hydrogen (secondary N) is 2. The van der Waals surface area contributed by atoms with Gasteiger partial charge >= 0.3 is 0 Å². The van der Waals surface area contributed by atoms with Crippen molar-refractivity contribution in [2.24, 2.45) is 34.3 Å². The van der Waals surface area contributed by atoms with Crippen molar-refractivity contribution < 1.29 is 14.4 Å². The molecule has 0 aromatic rings. The Balaban J connectivity index is 1.46. The van der Waals surface area contributed by atoms with Gasteiger partial charge in [-0.1, -0.05) is 34.6 Å². The molecule has 0 radical (unpaired) electrons. The summed E-state index contributed by atoms with van der Waals surface area (Å²) in [5, 5.41) is 15.5. The molecule has 4 fully saturated rings. The van der Waals surface area contributed by atoms with Crippen LogP contribution in [0.15, 0.2) is 0 Å². The molecule has 6 atom stereocenters. The van der Waals surface area contributed by atoms with Crippen LogP contribution in [0, 0.1) is 39.9 Å². The second kappa shape index (κ2) is 6.93. The van der Waals surface area contributed by atoms with Gasteiger partial charge < -0.3 is 21.3 Å². The molecule has 170 valence electrons. The zero-order valence-corrected chi connectivity index (χ0v) is 19.2. The van der Waals surface area contributed by atoms with E-state index in [2.05, 4.69) is 30.6 Å². The summed E-state index contributed by atoms with van der Waals surface area (Å²) in [7, 11) is 0. The normalized spacial score (nSPS) is 33.8. The maximum Gasteiger partial charge on any atom is 0.244 e. The van der Waals surface area contributed by atoms with E-state index < -0.39 is 23.5 Å². The fourth-order valence-corrected chi connectivity index (χ4v) is 5.70. The summed E-state index contributed by atoms with van der Waals surface area (Å²) in [5.74, 6) is -0.478. The number of likely N-dealkylation sites (tertiary alicyclic amines) is 1. The molecule has 2 aliphatic heterocycles. The highest BCUT2D eigenvalue weighted by atomic mass is 16.2. The lowest BCUT2D eigenvalue weighted by Gasteiger charge is -2.35. The molecule has 1 spiro atoms. The molecule has 4 aliphatic rings. The van der Waals surface area contributed by atoms with Crippen molar-refractivity contribution in [1.82, 2.24) is 15.5 Å². The van der Waals surface area contributed by atoms with E-state index in [0.717, 1.165) is 19.3 Å². The SMILES string of the molecule is CC(C)(C)C(N)C(=O)N1CC2C(C1C(=O)NC(C#N)CC1CC3(CC3)NC1=O)C2(C)C. The first-order chi connectivity index (χ1) is 14.3. The van der Waals surface area contributed by atoms with E-state index in [1.54, 1.807) is 4.90 Å². The number of fused-ring (bicyclic) bond motifs is 1. The van der Waals surface area contributed by atoms with Crippen LogP contribution < -0.4 is 16.4 Å². The van der Waals surface area contributed by atoms with Gasteiger partial charge in [0.1, 0.15) is 12.1 Å². The van der Waals surface area contributed by atoms with E-state index in [1.807, 2.05) is 20.8 Å². The standard InChI is InChI=1S/C23H35N5O3/c1-21(2,3)17(25)20(31)28-11-14-15(22(14,4)5)16(28)19(30)26-13(10-24)8-12-9-23(6-7-23)27-18(12)29/h12-17H,6-9,11,25H2,1-5H3,(H,26,30)(H,27,29). The zero-order chi connectivity index (χ0) is 22.9. The number of nitrogens with zero attached hydrogens (tertiary/aromatic N) is 2. The molecule has 0 aromatic heterocycles. The van der Waals surface area contributed by atoms with Crippen LogP contribution in [0.2, 0.25) is 0 Å². The minimum atomic E-state index is -0.758. The second-order valence-electron chi connectivity index (χ2n) is 11.8. The highest BCUT2D eigenvalue weighted by Crippen LogP contribution is 2.65. The van der Waals surface area contributed by atoms with Crippen molar-refractivity contribution in [1.29, 1.82) is 5.26 Å². The number of carbonyl (C=O) groups excluding carboxylic acids is 3. The van der Waals surface area contributed by atoms with Crippen LogP contribution in [-0.4, -0.2) is 52.8 Å². The van der Waals surface area contributed by atoms with Gasteiger partial charge in [-0.2, -0.15) is 5.26 Å². The van der Waals surface area contributed by atoms with Gasteiger partial charge in [-0.05, 0) is 48.3 Å². The van der Waals surface area contributed by atoms with Gasteiger partial charge in [-0.3, -0.25) is 14.4 Å². The van der Waals surface area contributed by atoms with Crippen LogP contribution in [0.1, 0.15) is 60.3 Å². The van der Waals surface area contributed by atoms with E-state index in [9.17, 15) is 19.6 Å². The second-order valence-corrected chi connectivity index (χ2v) is 11.8. The molecular weight excluding hydrogens is 394 g/mol. The molecule has 31 heavy (non-hydrogen) atoms. The Labute approximate surface area is 184 Å². The lowest BCUT2D eigenvalue weighted by atomic mass is 9.86. The molecule has 2 aliphatic carbocycles. The zero-order valence-electron chi connectivity index (χ0n) is 19.2. The number of amides is 3. The highest BCUT2D eigenvalue weighted by Gasteiger charge is 2.69. The van der Waals surface area contributed by atoms with Crippen molar-refractivity contribution in [3.8, 4) is 6.07 Å². The average molecular weight is 430 g/mol. The quantitative estimate of drug-likeness (QED) is 0.598. The highest BCUT2D eigenvalue weighted by molar-refractivity contribution is 5.92. The number of hydrogen-bond acceptors (Lipinski definition) is 5. The van der Waals surface area contributed by atoms with Gasteiger partial charge in [0.15, 0.2) is 0 Å². The van der Waals surface area contributed by atoms with Crippen LogP contribution in [0.25, 0.3) is 0 Å². The number of hydrogen-bond donors (Lipinski definition) is 3. The molecule has 2 saturated heterocycles. The van der Waals surface area contributed by atoms with Crippen molar-refractivity contribution in [2.75, 3.05) is 6.54 Å². The lowest BCUT2D eigenvalue weighted by molar-refractivity contribution is -0.143. The number of rotatable bonds is 5. The summed E-state index contributed by atoms with van der Waals surface area (Å²) in [6.07, 6.45) is 3.01. The monoisotopic (exact) mass is 429 g/mol. The summed E-state index contributed by atoms with van der Waals surface area (Å²) in [5.41, 5.74) is 5.74. The average Bonchev–Trinajstić information content (AvgIpc) is 3.39. The first-order valence-electron chi connectivity index (χ1n) is 11.4. The molecule has 8 heteroatoms. The van der Waals surface area contributed by atoms with Crippen molar-refractivity contribution in [3.63, 3.8) is 0 Å². The Bertz CT molecular complexity index is 850. The van der Waals surface area contributed by atoms with Crippen LogP contribution in [0.5, 0.6) is 0 Å². The number of nitriles is 1. The first-order valence-corrected chi connectivity index (χ1v) is 11.4. The van der Waals surface area contributed by atoms with Crippen LogP contribution >= 0.6 is 0 Å². The summed E-state index contributed by atoms with van der Waals surface area (Å²) in [6.45, 7) is 10.5. The van der Waals surface area contributed by atoms with Gasteiger partial charge in [0.05, 0.1) is 12.1 Å². The molecule has 8 nitrogen and oxygen atoms in total. The first kappa shape index (κ1) is 22.1. The van der Waals surface area contributed by atoms with Crippen molar-refractivity contribution >= 4 is 17.7 Å². The maximum absolute atomic E-state index is 13.3. The van der Waals surface area contributed by atoms with E-state index in [0.29, 0.717) is 13.0 Å². The molecule has 0 aromatic carbocycles. The Morgan fingerprint density at radius 2 is 2.00 bits per heavy atom. The molecule has 4 N–H and O–H groups in total. The number of nitrogens with two attached hydrogens (primary N) is 1. The van der Waals surface area contributed by atoms with Crippen LogP contribution in [0.4, 0.5) is 0 Å². The Morgan fingerprint density at radius 1 is 1.35 bits per heavy atom. The number of piperidine rings is 1. The van der Waals surface area contributed by atoms with Gasteiger partial charge in [0.25, 0.3) is 0 Å². The van der Waals surface area contributed by atoms with E-state index in [1.165, 1.54) is 0 Å². The maximum atomic E-state index is 13.3. The summed E-state index contributed by atoms with van der Waals surface area (Å²) >= 11 is 0. The van der Waals surface area contributed by atoms with Crippen LogP contribution in [-0.2, 0) is 14.4 Å². The lowest BCUT2D eigenvalue weighted by Crippen LogP contribution is -2.57. The minimum Gasteiger partial charge on any atom is -0.350 e. The summed E-state index contributed by atoms with van der Waals surface area (Å²) in [6, 6.07) is 0.0706. The van der Waals surface area contributed by atoms with Gasteiger partial charge in [0.2, 0.25) is 17.7 Å². The molecule has 6 unspecified atom stereocenters. The molecule has 0 bridgehead atoms. The fourth-order valence-electron chi connectivity index (χ4n) is 5.70. The third-order valence-corrected chi connectivity index (χ3v) is 8.20. The van der Waals surface area contributed by atoms with Crippen molar-refractivity contribution in [3.05, 3.63) is 0 Å². The summed E-state index contributed by atoms with van der Waals surface area (Å²) < 4.78 is 0. The van der Waals surface area contributed by atoms with Gasteiger partial charge in [-0.15, -0.1) is 0 Å². The topological polar surface area (TPSA) is 128 Å². The summed E-state index contributed by atoms with van der Waals surface area (Å²) in [4.78, 5) is 40.4. The molecule has 4 rings (SSSR count). The van der Waals surface area contributed by atoms with E-state index in [-0.39, 0.29) is 46.4 Å². The Hall–Kier alpha value is -2.14. The number of carbonyl (C=O) groups is 3. The largest absolute Gasteiger partial charge is 0.350 e. The predicted molar refractivity (Wildman–Crippen MR) is 114 cm³/mol. The smallest absolute Gasteiger partial charge is 0.244 e. The molecular formula is C23H35N5O3. The predicted octanol–water partition coefficient (Wildman–Crippen LogP) is 0.910. The Morgan fingerprint density at radius 3 is 2.52 bits per heavy atom.